The SMILES string of the molecule is O=C(CN1CCC(CNC2CC2)CC1)NCC1CC1. The fourth-order valence-electron chi connectivity index (χ4n) is 2.81. The Balaban J connectivity index is 1.27. The molecule has 2 N–H and O–H groups in total. The quantitative estimate of drug-likeness (QED) is 0.721. The van der Waals surface area contributed by atoms with E-state index in [1.165, 1.54) is 45.1 Å². The van der Waals surface area contributed by atoms with Crippen molar-refractivity contribution in [2.75, 3.05) is 32.7 Å². The lowest BCUT2D eigenvalue weighted by atomic mass is 9.97. The molecule has 1 amide bonds. The first-order valence-corrected chi connectivity index (χ1v) is 8.02. The average Bonchev–Trinajstić information content (AvgIpc) is 3.28. The second-order valence-corrected chi connectivity index (χ2v) is 6.65. The van der Waals surface area contributed by atoms with Crippen LogP contribution in [-0.4, -0.2) is 49.6 Å². The van der Waals surface area contributed by atoms with Crippen LogP contribution in [0.15, 0.2) is 0 Å². The summed E-state index contributed by atoms with van der Waals surface area (Å²) in [6.07, 6.45) is 7.85. The number of rotatable bonds is 7. The van der Waals surface area contributed by atoms with Crippen molar-refractivity contribution in [2.45, 2.75) is 44.6 Å². The number of carbonyl (C=O) groups is 1. The Morgan fingerprint density at radius 1 is 0.947 bits per heavy atom. The van der Waals surface area contributed by atoms with Crippen molar-refractivity contribution < 1.29 is 4.79 Å². The molecule has 1 aliphatic heterocycles. The summed E-state index contributed by atoms with van der Waals surface area (Å²) in [7, 11) is 0. The summed E-state index contributed by atoms with van der Waals surface area (Å²) in [6.45, 7) is 4.88. The summed E-state index contributed by atoms with van der Waals surface area (Å²) in [5.41, 5.74) is 0. The Morgan fingerprint density at radius 2 is 1.63 bits per heavy atom. The first-order valence-electron chi connectivity index (χ1n) is 8.02. The summed E-state index contributed by atoms with van der Waals surface area (Å²) in [5, 5.41) is 6.68. The Kier molecular flexibility index (Phi) is 4.38. The molecule has 2 aliphatic carbocycles. The van der Waals surface area contributed by atoms with E-state index in [1.54, 1.807) is 0 Å². The van der Waals surface area contributed by atoms with Crippen molar-refractivity contribution in [3.05, 3.63) is 0 Å². The third-order valence-electron chi connectivity index (χ3n) is 4.63. The largest absolute Gasteiger partial charge is 0.355 e. The van der Waals surface area contributed by atoms with E-state index in [0.29, 0.717) is 6.54 Å². The lowest BCUT2D eigenvalue weighted by Gasteiger charge is -2.31. The van der Waals surface area contributed by atoms with Gasteiger partial charge in [0.25, 0.3) is 0 Å². The third kappa shape index (κ3) is 4.77. The number of amides is 1. The molecule has 4 heteroatoms. The Hall–Kier alpha value is -0.610. The Bertz CT molecular complexity index is 305. The van der Waals surface area contributed by atoms with E-state index < -0.39 is 0 Å². The summed E-state index contributed by atoms with van der Waals surface area (Å²) in [4.78, 5) is 14.1. The van der Waals surface area contributed by atoms with Crippen LogP contribution in [-0.2, 0) is 4.79 Å². The normalized spacial score (nSPS) is 25.5. The van der Waals surface area contributed by atoms with Gasteiger partial charge in [0.15, 0.2) is 0 Å². The second kappa shape index (κ2) is 6.23. The maximum atomic E-state index is 11.8. The average molecular weight is 265 g/mol. The lowest BCUT2D eigenvalue weighted by Crippen LogP contribution is -2.43. The number of hydrogen-bond acceptors (Lipinski definition) is 3. The van der Waals surface area contributed by atoms with E-state index >= 15 is 0 Å². The van der Waals surface area contributed by atoms with Gasteiger partial charge in [-0.2, -0.15) is 0 Å². The zero-order valence-corrected chi connectivity index (χ0v) is 11.9. The van der Waals surface area contributed by atoms with Crippen LogP contribution in [0.5, 0.6) is 0 Å². The molecule has 4 nitrogen and oxygen atoms in total. The zero-order chi connectivity index (χ0) is 13.1. The van der Waals surface area contributed by atoms with E-state index in [-0.39, 0.29) is 5.91 Å². The van der Waals surface area contributed by atoms with Gasteiger partial charge in [0, 0.05) is 12.6 Å². The van der Waals surface area contributed by atoms with Gasteiger partial charge in [0.2, 0.25) is 5.91 Å². The monoisotopic (exact) mass is 265 g/mol. The fourth-order valence-corrected chi connectivity index (χ4v) is 2.81. The molecule has 0 aromatic rings. The maximum absolute atomic E-state index is 11.8. The van der Waals surface area contributed by atoms with E-state index in [4.69, 9.17) is 0 Å². The molecule has 19 heavy (non-hydrogen) atoms. The van der Waals surface area contributed by atoms with E-state index in [1.807, 2.05) is 0 Å². The van der Waals surface area contributed by atoms with Crippen LogP contribution >= 0.6 is 0 Å². The first-order chi connectivity index (χ1) is 9.29. The third-order valence-corrected chi connectivity index (χ3v) is 4.63. The van der Waals surface area contributed by atoms with E-state index in [2.05, 4.69) is 15.5 Å². The Labute approximate surface area is 116 Å². The van der Waals surface area contributed by atoms with Crippen LogP contribution in [0.2, 0.25) is 0 Å². The summed E-state index contributed by atoms with van der Waals surface area (Å²) >= 11 is 0. The molecule has 1 heterocycles. The van der Waals surface area contributed by atoms with Gasteiger partial charge in [-0.25, -0.2) is 0 Å². The molecular weight excluding hydrogens is 238 g/mol. The van der Waals surface area contributed by atoms with Crippen molar-refractivity contribution in [3.63, 3.8) is 0 Å². The number of nitrogens with zero attached hydrogens (tertiary/aromatic N) is 1. The summed E-state index contributed by atoms with van der Waals surface area (Å²) < 4.78 is 0. The summed E-state index contributed by atoms with van der Waals surface area (Å²) in [5.74, 6) is 1.83. The van der Waals surface area contributed by atoms with Crippen LogP contribution in [0.4, 0.5) is 0 Å². The summed E-state index contributed by atoms with van der Waals surface area (Å²) in [6, 6.07) is 0.825. The predicted molar refractivity (Wildman–Crippen MR) is 75.9 cm³/mol. The van der Waals surface area contributed by atoms with Gasteiger partial charge in [0.05, 0.1) is 6.54 Å². The van der Waals surface area contributed by atoms with Gasteiger partial charge in [-0.15, -0.1) is 0 Å². The lowest BCUT2D eigenvalue weighted by molar-refractivity contribution is -0.122. The van der Waals surface area contributed by atoms with Crippen LogP contribution in [0.1, 0.15) is 38.5 Å². The van der Waals surface area contributed by atoms with Gasteiger partial charge in [-0.05, 0) is 70.0 Å². The van der Waals surface area contributed by atoms with Gasteiger partial charge in [0.1, 0.15) is 0 Å². The highest BCUT2D eigenvalue weighted by atomic mass is 16.2. The molecule has 0 unspecified atom stereocenters. The van der Waals surface area contributed by atoms with Gasteiger partial charge in [-0.3, -0.25) is 9.69 Å². The highest BCUT2D eigenvalue weighted by Gasteiger charge is 2.25. The molecule has 3 rings (SSSR count). The van der Waals surface area contributed by atoms with Crippen molar-refractivity contribution in [1.82, 2.24) is 15.5 Å². The molecule has 1 saturated heterocycles. The highest BCUT2D eigenvalue weighted by Crippen LogP contribution is 2.27. The minimum Gasteiger partial charge on any atom is -0.355 e. The van der Waals surface area contributed by atoms with Crippen molar-refractivity contribution in [2.24, 2.45) is 11.8 Å². The molecule has 3 fully saturated rings. The fraction of sp³-hybridized carbons (Fsp3) is 0.933. The van der Waals surface area contributed by atoms with Crippen molar-refractivity contribution in [1.29, 1.82) is 0 Å². The number of piperidine rings is 1. The van der Waals surface area contributed by atoms with Crippen LogP contribution < -0.4 is 10.6 Å². The molecule has 0 spiro atoms. The van der Waals surface area contributed by atoms with Crippen LogP contribution in [0.3, 0.4) is 0 Å². The molecule has 108 valence electrons. The predicted octanol–water partition coefficient (Wildman–Crippen LogP) is 0.977. The van der Waals surface area contributed by atoms with E-state index in [0.717, 1.165) is 37.5 Å². The molecule has 0 atom stereocenters. The highest BCUT2D eigenvalue weighted by molar-refractivity contribution is 5.78. The molecule has 0 aromatic carbocycles. The van der Waals surface area contributed by atoms with Crippen molar-refractivity contribution >= 4 is 5.91 Å². The topological polar surface area (TPSA) is 44.4 Å². The molecule has 3 aliphatic rings. The minimum absolute atomic E-state index is 0.224. The van der Waals surface area contributed by atoms with E-state index in [9.17, 15) is 4.79 Å². The minimum atomic E-state index is 0.224. The zero-order valence-electron chi connectivity index (χ0n) is 11.9. The number of nitrogens with one attached hydrogen (secondary N) is 2. The smallest absolute Gasteiger partial charge is 0.234 e. The van der Waals surface area contributed by atoms with Crippen LogP contribution in [0, 0.1) is 11.8 Å². The molecular formula is C15H27N3O. The van der Waals surface area contributed by atoms with Gasteiger partial charge in [-0.1, -0.05) is 0 Å². The Morgan fingerprint density at radius 3 is 2.26 bits per heavy atom. The first kappa shape index (κ1) is 13.4. The molecule has 0 aromatic heterocycles. The number of likely N-dealkylation sites (tertiary alicyclic amines) is 1. The van der Waals surface area contributed by atoms with Crippen molar-refractivity contribution in [3.8, 4) is 0 Å². The molecule has 0 bridgehead atoms. The van der Waals surface area contributed by atoms with Gasteiger partial charge < -0.3 is 10.6 Å². The van der Waals surface area contributed by atoms with Crippen LogP contribution in [0.25, 0.3) is 0 Å². The molecule has 2 saturated carbocycles. The van der Waals surface area contributed by atoms with Gasteiger partial charge >= 0.3 is 0 Å². The number of carbonyl (C=O) groups excluding carboxylic acids is 1. The maximum Gasteiger partial charge on any atom is 0.234 e. The standard InChI is InChI=1S/C15H27N3O/c19-15(17-10-12-1-2-12)11-18-7-5-13(6-8-18)9-16-14-3-4-14/h12-14,16H,1-11H2,(H,17,19). The number of hydrogen-bond donors (Lipinski definition) is 2. The second-order valence-electron chi connectivity index (χ2n) is 6.65. The molecule has 0 radical (unpaired) electrons.